The Kier molecular flexibility index (Phi) is 5.68. The van der Waals surface area contributed by atoms with E-state index in [0.717, 1.165) is 25.3 Å². The summed E-state index contributed by atoms with van der Waals surface area (Å²) in [5.74, 6) is -0.888. The average molecular weight is 376 g/mol. The van der Waals surface area contributed by atoms with Gasteiger partial charge < -0.3 is 5.32 Å². The van der Waals surface area contributed by atoms with Gasteiger partial charge >= 0.3 is 0 Å². The van der Waals surface area contributed by atoms with E-state index in [2.05, 4.69) is 5.32 Å². The molecule has 0 saturated carbocycles. The van der Waals surface area contributed by atoms with Crippen molar-refractivity contribution in [1.29, 1.82) is 0 Å². The molecule has 2 aromatic carbocycles. The van der Waals surface area contributed by atoms with Crippen LogP contribution in [0.3, 0.4) is 0 Å². The first-order valence-electron chi connectivity index (χ1n) is 8.60. The lowest BCUT2D eigenvalue weighted by molar-refractivity contribution is 0.0950. The summed E-state index contributed by atoms with van der Waals surface area (Å²) in [6, 6.07) is 12.0. The third-order valence-corrected chi connectivity index (χ3v) is 6.29. The number of rotatable bonds is 5. The second-order valence-electron chi connectivity index (χ2n) is 6.31. The molecule has 0 radical (unpaired) electrons. The number of sulfonamides is 1. The number of piperidine rings is 1. The predicted octanol–water partition coefficient (Wildman–Crippen LogP) is 2.93. The van der Waals surface area contributed by atoms with Gasteiger partial charge in [-0.25, -0.2) is 12.8 Å². The Balaban J connectivity index is 1.70. The van der Waals surface area contributed by atoms with Crippen molar-refractivity contribution in [3.8, 4) is 0 Å². The average Bonchev–Trinajstić information content (AvgIpc) is 2.67. The SMILES string of the molecule is O=C(NCc1cccc(S(=O)(=O)N2CCCCC2)c1)c1cccc(F)c1. The molecule has 0 aromatic heterocycles. The van der Waals surface area contributed by atoms with Crippen molar-refractivity contribution in [3.05, 3.63) is 65.5 Å². The molecule has 7 heteroatoms. The predicted molar refractivity (Wildman–Crippen MR) is 96.6 cm³/mol. The van der Waals surface area contributed by atoms with Crippen molar-refractivity contribution in [2.24, 2.45) is 0 Å². The number of hydrogen-bond donors (Lipinski definition) is 1. The zero-order valence-electron chi connectivity index (χ0n) is 14.3. The lowest BCUT2D eigenvalue weighted by Gasteiger charge is -2.26. The standard InChI is InChI=1S/C19H21FN2O3S/c20-17-8-5-7-16(13-17)19(23)21-14-15-6-4-9-18(12-15)26(24,25)22-10-2-1-3-11-22/h4-9,12-13H,1-3,10-11,14H2,(H,21,23). The zero-order valence-corrected chi connectivity index (χ0v) is 15.1. The second kappa shape index (κ2) is 7.97. The number of amides is 1. The summed E-state index contributed by atoms with van der Waals surface area (Å²) in [5, 5.41) is 2.69. The van der Waals surface area contributed by atoms with Gasteiger partial charge in [0, 0.05) is 25.2 Å². The molecule has 138 valence electrons. The normalized spacial score (nSPS) is 15.6. The van der Waals surface area contributed by atoms with Crippen LogP contribution in [-0.2, 0) is 16.6 Å². The van der Waals surface area contributed by atoms with Gasteiger partial charge in [0.2, 0.25) is 10.0 Å². The van der Waals surface area contributed by atoms with Gasteiger partial charge in [-0.15, -0.1) is 0 Å². The van der Waals surface area contributed by atoms with Crippen LogP contribution in [-0.4, -0.2) is 31.7 Å². The maximum Gasteiger partial charge on any atom is 0.251 e. The van der Waals surface area contributed by atoms with Crippen LogP contribution in [0.5, 0.6) is 0 Å². The molecule has 0 aliphatic carbocycles. The summed E-state index contributed by atoms with van der Waals surface area (Å²) in [6.45, 7) is 1.25. The molecule has 26 heavy (non-hydrogen) atoms. The minimum absolute atomic E-state index is 0.165. The Bertz CT molecular complexity index is 893. The van der Waals surface area contributed by atoms with Gasteiger partial charge in [-0.05, 0) is 48.7 Å². The molecule has 1 fully saturated rings. The summed E-state index contributed by atoms with van der Waals surface area (Å²) in [5.41, 5.74) is 0.898. The number of hydrogen-bond acceptors (Lipinski definition) is 3. The smallest absolute Gasteiger partial charge is 0.251 e. The summed E-state index contributed by atoms with van der Waals surface area (Å²) in [7, 11) is -3.51. The highest BCUT2D eigenvalue weighted by molar-refractivity contribution is 7.89. The molecule has 1 saturated heterocycles. The highest BCUT2D eigenvalue weighted by Gasteiger charge is 2.25. The minimum Gasteiger partial charge on any atom is -0.348 e. The van der Waals surface area contributed by atoms with Crippen LogP contribution in [0, 0.1) is 5.82 Å². The van der Waals surface area contributed by atoms with Crippen LogP contribution < -0.4 is 5.32 Å². The van der Waals surface area contributed by atoms with E-state index in [1.54, 1.807) is 24.3 Å². The molecule has 0 spiro atoms. The Hall–Kier alpha value is -2.25. The topological polar surface area (TPSA) is 66.5 Å². The van der Waals surface area contributed by atoms with E-state index >= 15 is 0 Å². The highest BCUT2D eigenvalue weighted by atomic mass is 32.2. The van der Waals surface area contributed by atoms with Crippen LogP contribution in [0.25, 0.3) is 0 Å². The number of nitrogens with zero attached hydrogens (tertiary/aromatic N) is 1. The van der Waals surface area contributed by atoms with Crippen molar-refractivity contribution in [2.75, 3.05) is 13.1 Å². The zero-order chi connectivity index (χ0) is 18.6. The maximum absolute atomic E-state index is 13.2. The van der Waals surface area contributed by atoms with Crippen molar-refractivity contribution < 1.29 is 17.6 Å². The number of benzene rings is 2. The quantitative estimate of drug-likeness (QED) is 0.873. The van der Waals surface area contributed by atoms with E-state index in [0.29, 0.717) is 18.7 Å². The first kappa shape index (κ1) is 18.5. The Morgan fingerprint density at radius 1 is 1.04 bits per heavy atom. The molecular weight excluding hydrogens is 355 g/mol. The summed E-state index contributed by atoms with van der Waals surface area (Å²) in [4.78, 5) is 12.3. The molecule has 1 N–H and O–H groups in total. The molecule has 3 rings (SSSR count). The van der Waals surface area contributed by atoms with Gasteiger partial charge in [-0.1, -0.05) is 24.6 Å². The molecule has 0 bridgehead atoms. The molecule has 0 unspecified atom stereocenters. The first-order valence-corrected chi connectivity index (χ1v) is 10.0. The van der Waals surface area contributed by atoms with Crippen LogP contribution in [0.2, 0.25) is 0 Å². The van der Waals surface area contributed by atoms with E-state index in [4.69, 9.17) is 0 Å². The molecule has 2 aromatic rings. The van der Waals surface area contributed by atoms with Gasteiger partial charge in [0.05, 0.1) is 4.90 Å². The van der Waals surface area contributed by atoms with E-state index < -0.39 is 21.7 Å². The molecular formula is C19H21FN2O3S. The molecule has 5 nitrogen and oxygen atoms in total. The molecule has 1 aliphatic heterocycles. The Morgan fingerprint density at radius 2 is 1.77 bits per heavy atom. The number of halogens is 1. The van der Waals surface area contributed by atoms with E-state index in [9.17, 15) is 17.6 Å². The van der Waals surface area contributed by atoms with Gasteiger partial charge in [-0.3, -0.25) is 4.79 Å². The van der Waals surface area contributed by atoms with Crippen LogP contribution >= 0.6 is 0 Å². The largest absolute Gasteiger partial charge is 0.348 e. The van der Waals surface area contributed by atoms with Crippen LogP contribution in [0.4, 0.5) is 4.39 Å². The first-order chi connectivity index (χ1) is 12.5. The van der Waals surface area contributed by atoms with Crippen molar-refractivity contribution in [3.63, 3.8) is 0 Å². The molecule has 1 aliphatic rings. The number of nitrogens with one attached hydrogen (secondary N) is 1. The van der Waals surface area contributed by atoms with E-state index in [-0.39, 0.29) is 17.0 Å². The van der Waals surface area contributed by atoms with E-state index in [1.165, 1.54) is 22.5 Å². The second-order valence-corrected chi connectivity index (χ2v) is 8.24. The minimum atomic E-state index is -3.51. The molecule has 1 amide bonds. The van der Waals surface area contributed by atoms with Gasteiger partial charge in [0.25, 0.3) is 5.91 Å². The lowest BCUT2D eigenvalue weighted by Crippen LogP contribution is -2.35. The van der Waals surface area contributed by atoms with Gasteiger partial charge in [-0.2, -0.15) is 4.31 Å². The lowest BCUT2D eigenvalue weighted by atomic mass is 10.2. The van der Waals surface area contributed by atoms with Crippen molar-refractivity contribution in [1.82, 2.24) is 9.62 Å². The molecule has 0 atom stereocenters. The Labute approximate surface area is 152 Å². The number of carbonyl (C=O) groups is 1. The third-order valence-electron chi connectivity index (χ3n) is 4.39. The summed E-state index contributed by atoms with van der Waals surface area (Å²) in [6.07, 6.45) is 2.81. The van der Waals surface area contributed by atoms with Gasteiger partial charge in [0.1, 0.15) is 5.82 Å². The van der Waals surface area contributed by atoms with Crippen LogP contribution in [0.1, 0.15) is 35.2 Å². The highest BCUT2D eigenvalue weighted by Crippen LogP contribution is 2.21. The Morgan fingerprint density at radius 3 is 2.50 bits per heavy atom. The summed E-state index contributed by atoms with van der Waals surface area (Å²) < 4.78 is 40.2. The summed E-state index contributed by atoms with van der Waals surface area (Å²) >= 11 is 0. The third kappa shape index (κ3) is 4.28. The van der Waals surface area contributed by atoms with Crippen molar-refractivity contribution in [2.45, 2.75) is 30.7 Å². The van der Waals surface area contributed by atoms with E-state index in [1.807, 2.05) is 0 Å². The maximum atomic E-state index is 13.2. The van der Waals surface area contributed by atoms with Crippen molar-refractivity contribution >= 4 is 15.9 Å². The number of carbonyl (C=O) groups excluding carboxylic acids is 1. The fraction of sp³-hybridized carbons (Fsp3) is 0.316. The molecule has 1 heterocycles. The van der Waals surface area contributed by atoms with Gasteiger partial charge in [0.15, 0.2) is 0 Å². The fourth-order valence-electron chi connectivity index (χ4n) is 2.98. The fourth-order valence-corrected chi connectivity index (χ4v) is 4.57. The van der Waals surface area contributed by atoms with Crippen LogP contribution in [0.15, 0.2) is 53.4 Å². The monoisotopic (exact) mass is 376 g/mol.